The van der Waals surface area contributed by atoms with Gasteiger partial charge in [-0.2, -0.15) is 0 Å². The van der Waals surface area contributed by atoms with Gasteiger partial charge in [-0.25, -0.2) is 18.7 Å². The van der Waals surface area contributed by atoms with E-state index in [1.807, 2.05) is 0 Å². The molecule has 3 heterocycles. The second kappa shape index (κ2) is 8.36. The Bertz CT molecular complexity index is 1130. The maximum Gasteiger partial charge on any atom is 0.328 e. The van der Waals surface area contributed by atoms with Crippen LogP contribution >= 0.6 is 0 Å². The summed E-state index contributed by atoms with van der Waals surface area (Å²) >= 11 is 0. The van der Waals surface area contributed by atoms with Gasteiger partial charge in [0.1, 0.15) is 5.60 Å². The van der Waals surface area contributed by atoms with Crippen LogP contribution in [0.25, 0.3) is 0 Å². The average Bonchev–Trinajstić information content (AvgIpc) is 3.21. The number of fused-ring (bicyclic) bond motifs is 1. The van der Waals surface area contributed by atoms with Gasteiger partial charge in [0.05, 0.1) is 19.8 Å². The zero-order valence-electron chi connectivity index (χ0n) is 17.1. The molecular formula is C20H23N3O7S. The number of hydroxylamine groups is 1. The lowest BCUT2D eigenvalue weighted by atomic mass is 9.99. The number of carbonyl (C=O) groups is 2. The second-order valence-electron chi connectivity index (χ2n) is 7.93. The minimum absolute atomic E-state index is 0.0105. The molecule has 0 aromatic carbocycles. The molecule has 31 heavy (non-hydrogen) atoms. The Kier molecular flexibility index (Phi) is 6.16. The van der Waals surface area contributed by atoms with Crippen LogP contribution in [0.1, 0.15) is 31.0 Å². The summed E-state index contributed by atoms with van der Waals surface area (Å²) < 4.78 is 28.6. The summed E-state index contributed by atoms with van der Waals surface area (Å²) in [5.74, 6) is 9.93. The van der Waals surface area contributed by atoms with Crippen LogP contribution in [0.4, 0.5) is 4.79 Å². The number of nitrogens with zero attached hydrogens (tertiary/aromatic N) is 2. The van der Waals surface area contributed by atoms with Crippen LogP contribution in [0.5, 0.6) is 0 Å². The number of rotatable bonds is 6. The fourth-order valence-corrected chi connectivity index (χ4v) is 4.04. The van der Waals surface area contributed by atoms with Crippen LogP contribution in [-0.2, 0) is 25.9 Å². The third-order valence-corrected chi connectivity index (χ3v) is 7.53. The van der Waals surface area contributed by atoms with Gasteiger partial charge < -0.3 is 14.7 Å². The highest BCUT2D eigenvalue weighted by Gasteiger charge is 2.44. The Morgan fingerprint density at radius 3 is 2.65 bits per heavy atom. The molecule has 1 atom stereocenters. The van der Waals surface area contributed by atoms with Crippen molar-refractivity contribution in [2.75, 3.05) is 26.0 Å². The number of aliphatic hydroxyl groups is 1. The van der Waals surface area contributed by atoms with Crippen molar-refractivity contribution in [3.8, 4) is 23.7 Å². The molecule has 0 unspecified atom stereocenters. The first-order valence-electron chi connectivity index (χ1n) is 9.43. The van der Waals surface area contributed by atoms with E-state index in [0.717, 1.165) is 6.26 Å². The van der Waals surface area contributed by atoms with Crippen LogP contribution < -0.4 is 5.48 Å². The van der Waals surface area contributed by atoms with Crippen LogP contribution in [0.2, 0.25) is 0 Å². The average molecular weight is 449 g/mol. The molecule has 10 nitrogen and oxygen atoms in total. The second-order valence-corrected chi connectivity index (χ2v) is 10.4. The molecule has 0 radical (unpaired) electrons. The van der Waals surface area contributed by atoms with Crippen LogP contribution in [-0.4, -0.2) is 76.5 Å². The SMILES string of the molecule is C[C@@](CCN1Cc2cc(C#CC#CCC3(O)COC3)cn2C1=O)(C(=O)NO)S(C)(=O)=O. The summed E-state index contributed by atoms with van der Waals surface area (Å²) in [6, 6.07) is 1.37. The van der Waals surface area contributed by atoms with E-state index in [2.05, 4.69) is 23.7 Å². The molecular weight excluding hydrogens is 426 g/mol. The lowest BCUT2D eigenvalue weighted by Crippen LogP contribution is -2.50. The molecule has 1 aromatic heterocycles. The van der Waals surface area contributed by atoms with Crippen molar-refractivity contribution >= 4 is 21.8 Å². The molecule has 2 amide bonds. The van der Waals surface area contributed by atoms with Crippen molar-refractivity contribution in [2.24, 2.45) is 0 Å². The number of amides is 2. The standard InChI is InChI=1S/C20H23N3O7S/c1-19(17(24)21-27,31(2,28)29)8-9-22-12-16-10-15(11-23(16)18(22)25)6-4-3-5-7-20(26)13-30-14-20/h10-11,26-27H,7-9,12-14H2,1-2H3,(H,21,24)/t19-/m1/s1. The van der Waals surface area contributed by atoms with E-state index in [9.17, 15) is 23.1 Å². The summed E-state index contributed by atoms with van der Waals surface area (Å²) in [6.07, 6.45) is 2.58. The van der Waals surface area contributed by atoms with E-state index in [0.29, 0.717) is 11.3 Å². The van der Waals surface area contributed by atoms with Crippen LogP contribution in [0.15, 0.2) is 12.3 Å². The Morgan fingerprint density at radius 2 is 2.10 bits per heavy atom. The molecule has 1 saturated heterocycles. The fraction of sp³-hybridized carbons (Fsp3) is 0.500. The summed E-state index contributed by atoms with van der Waals surface area (Å²) in [4.78, 5) is 25.9. The van der Waals surface area contributed by atoms with Crippen molar-refractivity contribution in [3.63, 3.8) is 0 Å². The Morgan fingerprint density at radius 1 is 1.39 bits per heavy atom. The highest BCUT2D eigenvalue weighted by molar-refractivity contribution is 7.92. The lowest BCUT2D eigenvalue weighted by Gasteiger charge is -2.34. The molecule has 2 aliphatic rings. The van der Waals surface area contributed by atoms with Gasteiger partial charge in [0.15, 0.2) is 14.6 Å². The topological polar surface area (TPSA) is 138 Å². The van der Waals surface area contributed by atoms with Gasteiger partial charge in [0.2, 0.25) is 0 Å². The molecule has 1 fully saturated rings. The summed E-state index contributed by atoms with van der Waals surface area (Å²) in [5, 5.41) is 18.7. The molecule has 3 rings (SSSR count). The zero-order chi connectivity index (χ0) is 22.9. The maximum atomic E-state index is 12.6. The minimum Gasteiger partial charge on any atom is -0.384 e. The van der Waals surface area contributed by atoms with Crippen molar-refractivity contribution in [1.29, 1.82) is 0 Å². The van der Waals surface area contributed by atoms with Gasteiger partial charge in [-0.15, -0.1) is 0 Å². The van der Waals surface area contributed by atoms with Crippen LogP contribution in [0, 0.1) is 23.7 Å². The Balaban J connectivity index is 1.62. The highest BCUT2D eigenvalue weighted by atomic mass is 32.2. The lowest BCUT2D eigenvalue weighted by molar-refractivity contribution is -0.174. The molecule has 166 valence electrons. The third kappa shape index (κ3) is 4.60. The van der Waals surface area contributed by atoms with E-state index in [4.69, 9.17) is 9.94 Å². The number of aromatic nitrogens is 1. The molecule has 3 N–H and O–H groups in total. The number of hydrogen-bond acceptors (Lipinski definition) is 7. The molecule has 0 bridgehead atoms. The number of nitrogens with one attached hydrogen (secondary N) is 1. The third-order valence-electron chi connectivity index (χ3n) is 5.50. The Labute approximate surface area is 180 Å². The highest BCUT2D eigenvalue weighted by Crippen LogP contribution is 2.25. The van der Waals surface area contributed by atoms with E-state index in [-0.39, 0.29) is 45.2 Å². The van der Waals surface area contributed by atoms with Gasteiger partial charge in [-0.1, -0.05) is 11.8 Å². The zero-order valence-corrected chi connectivity index (χ0v) is 18.0. The van der Waals surface area contributed by atoms with Gasteiger partial charge in [0.25, 0.3) is 5.91 Å². The van der Waals surface area contributed by atoms with Crippen molar-refractivity contribution < 1.29 is 33.1 Å². The smallest absolute Gasteiger partial charge is 0.328 e. The quantitative estimate of drug-likeness (QED) is 0.302. The van der Waals surface area contributed by atoms with E-state index in [1.165, 1.54) is 21.9 Å². The summed E-state index contributed by atoms with van der Waals surface area (Å²) in [5.41, 5.74) is 1.78. The molecule has 2 aliphatic heterocycles. The number of hydrogen-bond donors (Lipinski definition) is 3. The van der Waals surface area contributed by atoms with Crippen molar-refractivity contribution in [1.82, 2.24) is 14.9 Å². The maximum absolute atomic E-state index is 12.6. The fourth-order valence-electron chi connectivity index (χ4n) is 3.20. The summed E-state index contributed by atoms with van der Waals surface area (Å²) in [7, 11) is -3.84. The van der Waals surface area contributed by atoms with Gasteiger partial charge in [-0.05, 0) is 31.3 Å². The van der Waals surface area contributed by atoms with Crippen molar-refractivity contribution in [2.45, 2.75) is 36.7 Å². The van der Waals surface area contributed by atoms with Gasteiger partial charge in [0, 0.05) is 36.7 Å². The first-order chi connectivity index (χ1) is 14.5. The van der Waals surface area contributed by atoms with E-state index >= 15 is 0 Å². The van der Waals surface area contributed by atoms with Crippen molar-refractivity contribution in [3.05, 3.63) is 23.5 Å². The molecule has 11 heteroatoms. The van der Waals surface area contributed by atoms with Crippen LogP contribution in [0.3, 0.4) is 0 Å². The van der Waals surface area contributed by atoms with E-state index < -0.39 is 26.1 Å². The molecule has 0 spiro atoms. The van der Waals surface area contributed by atoms with E-state index in [1.54, 1.807) is 12.3 Å². The Hall–Kier alpha value is -2.83. The minimum atomic E-state index is -3.84. The monoisotopic (exact) mass is 449 g/mol. The summed E-state index contributed by atoms with van der Waals surface area (Å²) in [6.45, 7) is 2.00. The first-order valence-corrected chi connectivity index (χ1v) is 11.3. The largest absolute Gasteiger partial charge is 0.384 e. The first kappa shape index (κ1) is 22.8. The number of carbonyl (C=O) groups excluding carboxylic acids is 2. The van der Waals surface area contributed by atoms with Gasteiger partial charge in [-0.3, -0.25) is 14.6 Å². The predicted octanol–water partition coefficient (Wildman–Crippen LogP) is -0.523. The molecule has 0 aliphatic carbocycles. The normalized spacial score (nSPS) is 18.6. The van der Waals surface area contributed by atoms with Gasteiger partial charge >= 0.3 is 6.03 Å². The molecule has 1 aromatic rings. The number of ether oxygens (including phenoxy) is 1. The molecule has 0 saturated carbocycles. The number of sulfone groups is 1. The predicted molar refractivity (Wildman–Crippen MR) is 108 cm³/mol.